The average Bonchev–Trinajstić information content (AvgIpc) is 3.33. The summed E-state index contributed by atoms with van der Waals surface area (Å²) in [5.74, 6) is -0.714. The molecule has 0 unspecified atom stereocenters. The van der Waals surface area contributed by atoms with E-state index >= 15 is 0 Å². The Morgan fingerprint density at radius 3 is 2.53 bits per heavy atom. The Morgan fingerprint density at radius 2 is 1.75 bits per heavy atom. The lowest BCUT2D eigenvalue weighted by Gasteiger charge is -2.09. The predicted octanol–water partition coefficient (Wildman–Crippen LogP) is 4.60. The van der Waals surface area contributed by atoms with E-state index in [-0.39, 0.29) is 5.82 Å². The van der Waals surface area contributed by atoms with Crippen LogP contribution in [0.3, 0.4) is 0 Å². The summed E-state index contributed by atoms with van der Waals surface area (Å²) in [5.41, 5.74) is 6.87. The quantitative estimate of drug-likeness (QED) is 0.423. The smallest absolute Gasteiger partial charge is 0.279 e. The highest BCUT2D eigenvalue weighted by molar-refractivity contribution is 7.17. The van der Waals surface area contributed by atoms with Crippen LogP contribution in [-0.4, -0.2) is 16.8 Å². The number of carbonyl (C=O) groups is 2. The predicted molar refractivity (Wildman–Crippen MR) is 120 cm³/mol. The first-order valence-corrected chi connectivity index (χ1v) is 10.5. The van der Waals surface area contributed by atoms with E-state index in [2.05, 4.69) is 15.8 Å². The molecule has 0 bridgehead atoms. The van der Waals surface area contributed by atoms with E-state index in [1.54, 1.807) is 60.9 Å². The molecule has 2 aromatic carbocycles. The van der Waals surface area contributed by atoms with E-state index in [1.807, 2.05) is 12.1 Å². The second-order valence-corrected chi connectivity index (χ2v) is 7.84. The molecule has 0 saturated carbocycles. The van der Waals surface area contributed by atoms with Gasteiger partial charge < -0.3 is 4.74 Å². The molecule has 0 atom stereocenters. The van der Waals surface area contributed by atoms with E-state index in [9.17, 15) is 14.0 Å². The first kappa shape index (κ1) is 21.2. The molecule has 0 fully saturated rings. The van der Waals surface area contributed by atoms with Crippen molar-refractivity contribution in [3.63, 3.8) is 0 Å². The average molecular weight is 447 g/mol. The molecular formula is C24H18FN3O3S. The third kappa shape index (κ3) is 5.35. The Balaban J connectivity index is 1.33. The van der Waals surface area contributed by atoms with Crippen molar-refractivity contribution in [3.05, 3.63) is 107 Å². The Kier molecular flexibility index (Phi) is 6.52. The van der Waals surface area contributed by atoms with Crippen LogP contribution < -0.4 is 15.6 Å². The fourth-order valence-corrected chi connectivity index (χ4v) is 3.76. The molecule has 0 aliphatic carbocycles. The molecule has 0 aliphatic rings. The minimum absolute atomic E-state index is 0.322. The van der Waals surface area contributed by atoms with Crippen LogP contribution >= 0.6 is 11.3 Å². The summed E-state index contributed by atoms with van der Waals surface area (Å²) in [7, 11) is 0. The molecule has 2 amide bonds. The zero-order valence-corrected chi connectivity index (χ0v) is 17.6. The van der Waals surface area contributed by atoms with Crippen molar-refractivity contribution < 1.29 is 18.7 Å². The van der Waals surface area contributed by atoms with Crippen LogP contribution in [0.2, 0.25) is 0 Å². The number of halogens is 1. The van der Waals surface area contributed by atoms with E-state index < -0.39 is 11.8 Å². The zero-order valence-electron chi connectivity index (χ0n) is 16.7. The van der Waals surface area contributed by atoms with Gasteiger partial charge in [-0.3, -0.25) is 25.4 Å². The number of rotatable bonds is 6. The first-order chi connectivity index (χ1) is 15.6. The summed E-state index contributed by atoms with van der Waals surface area (Å²) in [6.45, 7) is 0.324. The van der Waals surface area contributed by atoms with E-state index in [4.69, 9.17) is 4.74 Å². The third-order valence-corrected chi connectivity index (χ3v) is 5.61. The molecule has 0 aliphatic heterocycles. The monoisotopic (exact) mass is 447 g/mol. The van der Waals surface area contributed by atoms with Gasteiger partial charge in [-0.1, -0.05) is 24.3 Å². The van der Waals surface area contributed by atoms with Gasteiger partial charge in [-0.25, -0.2) is 4.39 Å². The lowest BCUT2D eigenvalue weighted by molar-refractivity contribution is 0.0848. The Hall–Kier alpha value is -4.04. The van der Waals surface area contributed by atoms with Gasteiger partial charge >= 0.3 is 0 Å². The number of aromatic nitrogens is 1. The summed E-state index contributed by atoms with van der Waals surface area (Å²) in [5, 5.41) is 0. The number of hydrazine groups is 1. The van der Waals surface area contributed by atoms with Crippen molar-refractivity contribution in [2.45, 2.75) is 6.61 Å². The second kappa shape index (κ2) is 9.84. The number of nitrogens with one attached hydrogen (secondary N) is 2. The second-order valence-electron chi connectivity index (χ2n) is 6.76. The number of ether oxygens (including phenoxy) is 1. The van der Waals surface area contributed by atoms with Gasteiger partial charge in [-0.15, -0.1) is 11.3 Å². The van der Waals surface area contributed by atoms with Crippen molar-refractivity contribution in [2.75, 3.05) is 0 Å². The maximum Gasteiger partial charge on any atom is 0.279 e. The molecule has 32 heavy (non-hydrogen) atoms. The number of nitrogens with zero attached hydrogens (tertiary/aromatic N) is 1. The highest BCUT2D eigenvalue weighted by Crippen LogP contribution is 2.28. The van der Waals surface area contributed by atoms with Crippen LogP contribution in [0.4, 0.5) is 4.39 Å². The molecule has 2 N–H and O–H groups in total. The number of benzene rings is 2. The molecule has 6 nitrogen and oxygen atoms in total. The molecule has 2 heterocycles. The number of pyridine rings is 1. The minimum Gasteiger partial charge on any atom is -0.489 e. The molecule has 4 aromatic rings. The zero-order chi connectivity index (χ0) is 22.3. The van der Waals surface area contributed by atoms with Crippen LogP contribution in [0, 0.1) is 5.82 Å². The standard InChI is InChI=1S/C24H18FN3O3S/c25-19-8-6-17(7-9-19)21-10-11-22(32-21)24(30)28-27-23(29)18-4-1-5-20(13-18)31-15-16-3-2-12-26-14-16/h1-14H,15H2,(H,27,29)(H,28,30). The van der Waals surface area contributed by atoms with Gasteiger partial charge in [-0.05, 0) is 54.1 Å². The fourth-order valence-electron chi connectivity index (χ4n) is 2.85. The molecule has 160 valence electrons. The van der Waals surface area contributed by atoms with Crippen LogP contribution in [0.5, 0.6) is 5.75 Å². The molecule has 0 radical (unpaired) electrons. The lowest BCUT2D eigenvalue weighted by atomic mass is 10.2. The number of hydrogen-bond acceptors (Lipinski definition) is 5. The van der Waals surface area contributed by atoms with Crippen molar-refractivity contribution >= 4 is 23.2 Å². The topological polar surface area (TPSA) is 80.3 Å². The fraction of sp³-hybridized carbons (Fsp3) is 0.0417. The number of hydrogen-bond donors (Lipinski definition) is 2. The Bertz CT molecular complexity index is 1230. The van der Waals surface area contributed by atoms with Gasteiger partial charge in [0.25, 0.3) is 11.8 Å². The van der Waals surface area contributed by atoms with Gasteiger partial charge in [0.2, 0.25) is 0 Å². The van der Waals surface area contributed by atoms with Crippen molar-refractivity contribution in [2.24, 2.45) is 0 Å². The molecule has 0 spiro atoms. The highest BCUT2D eigenvalue weighted by Gasteiger charge is 2.13. The summed E-state index contributed by atoms with van der Waals surface area (Å²) in [6, 6.07) is 19.8. The Labute approximate surface area is 187 Å². The summed E-state index contributed by atoms with van der Waals surface area (Å²) >= 11 is 1.24. The van der Waals surface area contributed by atoms with E-state index in [0.29, 0.717) is 22.8 Å². The molecular weight excluding hydrogens is 429 g/mol. The Morgan fingerprint density at radius 1 is 0.938 bits per heavy atom. The summed E-state index contributed by atoms with van der Waals surface area (Å²) in [6.07, 6.45) is 3.39. The van der Waals surface area contributed by atoms with Gasteiger partial charge in [0.1, 0.15) is 18.2 Å². The van der Waals surface area contributed by atoms with E-state index in [1.165, 1.54) is 23.5 Å². The van der Waals surface area contributed by atoms with Gasteiger partial charge in [0.15, 0.2) is 0 Å². The van der Waals surface area contributed by atoms with Crippen LogP contribution in [0.15, 0.2) is 85.2 Å². The summed E-state index contributed by atoms with van der Waals surface area (Å²) in [4.78, 5) is 30.1. The minimum atomic E-state index is -0.472. The van der Waals surface area contributed by atoms with E-state index in [0.717, 1.165) is 16.0 Å². The third-order valence-electron chi connectivity index (χ3n) is 4.47. The normalized spacial score (nSPS) is 10.4. The van der Waals surface area contributed by atoms with Gasteiger partial charge in [0, 0.05) is 28.4 Å². The SMILES string of the molecule is O=C(NNC(=O)c1ccc(-c2ccc(F)cc2)s1)c1cccc(OCc2cccnc2)c1. The number of thiophene rings is 1. The maximum absolute atomic E-state index is 13.1. The van der Waals surface area contributed by atoms with Crippen LogP contribution in [0.1, 0.15) is 25.6 Å². The highest BCUT2D eigenvalue weighted by atomic mass is 32.1. The summed E-state index contributed by atoms with van der Waals surface area (Å²) < 4.78 is 18.8. The largest absolute Gasteiger partial charge is 0.489 e. The first-order valence-electron chi connectivity index (χ1n) is 9.67. The molecule has 8 heteroatoms. The van der Waals surface area contributed by atoms with Gasteiger partial charge in [0.05, 0.1) is 4.88 Å². The van der Waals surface area contributed by atoms with Crippen molar-refractivity contribution in [1.29, 1.82) is 0 Å². The van der Waals surface area contributed by atoms with Crippen LogP contribution in [-0.2, 0) is 6.61 Å². The van der Waals surface area contributed by atoms with Gasteiger partial charge in [-0.2, -0.15) is 0 Å². The lowest BCUT2D eigenvalue weighted by Crippen LogP contribution is -2.41. The maximum atomic E-state index is 13.1. The van der Waals surface area contributed by atoms with Crippen molar-refractivity contribution in [1.82, 2.24) is 15.8 Å². The number of carbonyl (C=O) groups excluding carboxylic acids is 2. The molecule has 0 saturated heterocycles. The van der Waals surface area contributed by atoms with Crippen LogP contribution in [0.25, 0.3) is 10.4 Å². The molecule has 4 rings (SSSR count). The van der Waals surface area contributed by atoms with Crippen molar-refractivity contribution in [3.8, 4) is 16.2 Å². The number of amides is 2. The molecule has 2 aromatic heterocycles.